The average Bonchev–Trinajstić information content (AvgIpc) is 2.97. The highest BCUT2D eigenvalue weighted by molar-refractivity contribution is 5.97. The number of aromatic amines is 1. The molecule has 1 aromatic heterocycles. The summed E-state index contributed by atoms with van der Waals surface area (Å²) in [5, 5.41) is 7.70. The molecular formula is C20H21N3O3. The van der Waals surface area contributed by atoms with Gasteiger partial charge in [0.1, 0.15) is 11.6 Å². The number of anilines is 1. The minimum absolute atomic E-state index is 0.0399. The molecule has 1 amide bonds. The van der Waals surface area contributed by atoms with E-state index in [1.54, 1.807) is 11.8 Å². The van der Waals surface area contributed by atoms with Crippen LogP contribution in [0.5, 0.6) is 5.75 Å². The molecule has 0 aliphatic carbocycles. The molecule has 0 spiro atoms. The van der Waals surface area contributed by atoms with Crippen LogP contribution in [-0.2, 0) is 4.79 Å². The van der Waals surface area contributed by atoms with Gasteiger partial charge in [-0.05, 0) is 30.9 Å². The quantitative estimate of drug-likeness (QED) is 0.759. The molecule has 0 bridgehead atoms. The monoisotopic (exact) mass is 351 g/mol. The van der Waals surface area contributed by atoms with Gasteiger partial charge >= 0.3 is 0 Å². The van der Waals surface area contributed by atoms with E-state index < -0.39 is 0 Å². The Kier molecular flexibility index (Phi) is 3.83. The lowest BCUT2D eigenvalue weighted by Gasteiger charge is -2.25. The summed E-state index contributed by atoms with van der Waals surface area (Å²) < 4.78 is 7.20. The first-order chi connectivity index (χ1) is 12.5. The molecule has 0 saturated heterocycles. The number of carbonyl (C=O) groups is 1. The number of nitrogens with one attached hydrogen (secondary N) is 2. The van der Waals surface area contributed by atoms with Gasteiger partial charge in [0.2, 0.25) is 5.91 Å². The predicted octanol–water partition coefficient (Wildman–Crippen LogP) is 3.39. The number of ether oxygens (including phenoxy) is 1. The topological polar surface area (TPSA) is 76.1 Å². The zero-order valence-corrected chi connectivity index (χ0v) is 15.0. The van der Waals surface area contributed by atoms with Crippen LogP contribution >= 0.6 is 0 Å². The summed E-state index contributed by atoms with van der Waals surface area (Å²) in [4.78, 5) is 25.1. The van der Waals surface area contributed by atoms with Gasteiger partial charge in [0, 0.05) is 23.8 Å². The Morgan fingerprint density at radius 1 is 1.12 bits per heavy atom. The van der Waals surface area contributed by atoms with Crippen LogP contribution in [0.3, 0.4) is 0 Å². The first-order valence-electron chi connectivity index (χ1n) is 8.71. The minimum Gasteiger partial charge on any atom is -0.496 e. The molecule has 0 unspecified atom stereocenters. The highest BCUT2D eigenvalue weighted by atomic mass is 16.5. The van der Waals surface area contributed by atoms with Crippen LogP contribution in [-0.4, -0.2) is 22.8 Å². The molecule has 134 valence electrons. The van der Waals surface area contributed by atoms with Crippen LogP contribution in [0.1, 0.15) is 43.4 Å². The lowest BCUT2D eigenvalue weighted by atomic mass is 9.84. The number of fused-ring (bicyclic) bond motifs is 2. The molecule has 0 fully saturated rings. The van der Waals surface area contributed by atoms with Gasteiger partial charge in [-0.25, -0.2) is 0 Å². The van der Waals surface area contributed by atoms with Crippen molar-refractivity contribution in [1.29, 1.82) is 0 Å². The highest BCUT2D eigenvalue weighted by Gasteiger charge is 2.34. The summed E-state index contributed by atoms with van der Waals surface area (Å²) in [5.41, 5.74) is 1.43. The maximum atomic E-state index is 12.7. The van der Waals surface area contributed by atoms with E-state index in [-0.39, 0.29) is 29.8 Å². The van der Waals surface area contributed by atoms with Gasteiger partial charge < -0.3 is 10.1 Å². The van der Waals surface area contributed by atoms with Crippen LogP contribution in [0.2, 0.25) is 0 Å². The predicted molar refractivity (Wildman–Crippen MR) is 101 cm³/mol. The van der Waals surface area contributed by atoms with Gasteiger partial charge in [0.25, 0.3) is 5.56 Å². The SMILES string of the molecule is COc1ccc([C@H]2CC(=O)Nc3c2c(=O)[nH]n3C(C)C)c2ccccc12. The zero-order chi connectivity index (χ0) is 18.4. The number of rotatable bonds is 3. The molecule has 1 aliphatic heterocycles. The summed E-state index contributed by atoms with van der Waals surface area (Å²) in [6, 6.07) is 11.8. The molecule has 26 heavy (non-hydrogen) atoms. The van der Waals surface area contributed by atoms with Crippen LogP contribution in [0.4, 0.5) is 5.82 Å². The summed E-state index contributed by atoms with van der Waals surface area (Å²) >= 11 is 0. The second-order valence-corrected chi connectivity index (χ2v) is 6.87. The molecule has 0 radical (unpaired) electrons. The van der Waals surface area contributed by atoms with Crippen LogP contribution in [0.15, 0.2) is 41.2 Å². The molecule has 4 rings (SSSR count). The summed E-state index contributed by atoms with van der Waals surface area (Å²) in [6.07, 6.45) is 0.245. The number of H-pyrrole nitrogens is 1. The van der Waals surface area contributed by atoms with Crippen molar-refractivity contribution >= 4 is 22.5 Å². The van der Waals surface area contributed by atoms with E-state index in [9.17, 15) is 9.59 Å². The fourth-order valence-electron chi connectivity index (χ4n) is 3.81. The molecule has 1 aliphatic rings. The minimum atomic E-state index is -0.293. The number of benzene rings is 2. The number of methoxy groups -OCH3 is 1. The van der Waals surface area contributed by atoms with Gasteiger partial charge in [-0.2, -0.15) is 0 Å². The fraction of sp³-hybridized carbons (Fsp3) is 0.300. The van der Waals surface area contributed by atoms with E-state index in [0.717, 1.165) is 22.1 Å². The molecule has 0 saturated carbocycles. The van der Waals surface area contributed by atoms with Crippen molar-refractivity contribution in [3.8, 4) is 5.75 Å². The second kappa shape index (κ2) is 6.05. The number of nitrogens with zero attached hydrogens (tertiary/aromatic N) is 1. The maximum absolute atomic E-state index is 12.7. The van der Waals surface area contributed by atoms with E-state index in [2.05, 4.69) is 10.4 Å². The molecule has 2 heterocycles. The normalized spacial score (nSPS) is 16.6. The van der Waals surface area contributed by atoms with Crippen LogP contribution in [0, 0.1) is 0 Å². The number of carbonyl (C=O) groups excluding carboxylic acids is 1. The van der Waals surface area contributed by atoms with E-state index >= 15 is 0 Å². The number of aromatic nitrogens is 2. The van der Waals surface area contributed by atoms with Crippen molar-refractivity contribution < 1.29 is 9.53 Å². The third-order valence-corrected chi connectivity index (χ3v) is 4.99. The van der Waals surface area contributed by atoms with Crippen molar-refractivity contribution in [3.63, 3.8) is 0 Å². The smallest absolute Gasteiger partial charge is 0.270 e. The van der Waals surface area contributed by atoms with E-state index in [1.807, 2.05) is 50.2 Å². The fourth-order valence-corrected chi connectivity index (χ4v) is 3.81. The van der Waals surface area contributed by atoms with E-state index in [1.165, 1.54) is 0 Å². The van der Waals surface area contributed by atoms with Gasteiger partial charge in [-0.15, -0.1) is 0 Å². The Hall–Kier alpha value is -3.02. The second-order valence-electron chi connectivity index (χ2n) is 6.87. The highest BCUT2D eigenvalue weighted by Crippen LogP contribution is 2.40. The number of amides is 1. The van der Waals surface area contributed by atoms with Crippen LogP contribution in [0.25, 0.3) is 10.8 Å². The lowest BCUT2D eigenvalue weighted by Crippen LogP contribution is -2.27. The Morgan fingerprint density at radius 3 is 2.54 bits per heavy atom. The molecule has 1 atom stereocenters. The molecular weight excluding hydrogens is 330 g/mol. The van der Waals surface area contributed by atoms with Crippen molar-refractivity contribution in [2.24, 2.45) is 0 Å². The van der Waals surface area contributed by atoms with Gasteiger partial charge in [-0.3, -0.25) is 19.4 Å². The Morgan fingerprint density at radius 2 is 1.85 bits per heavy atom. The largest absolute Gasteiger partial charge is 0.496 e. The van der Waals surface area contributed by atoms with Gasteiger partial charge in [-0.1, -0.05) is 30.3 Å². The molecule has 6 heteroatoms. The van der Waals surface area contributed by atoms with Crippen molar-refractivity contribution in [1.82, 2.24) is 9.78 Å². The maximum Gasteiger partial charge on any atom is 0.270 e. The van der Waals surface area contributed by atoms with Crippen molar-refractivity contribution in [3.05, 3.63) is 57.9 Å². The van der Waals surface area contributed by atoms with E-state index in [4.69, 9.17) is 4.74 Å². The first-order valence-corrected chi connectivity index (χ1v) is 8.71. The van der Waals surface area contributed by atoms with E-state index in [0.29, 0.717) is 11.4 Å². The molecule has 6 nitrogen and oxygen atoms in total. The van der Waals surface area contributed by atoms with Crippen molar-refractivity contribution in [2.75, 3.05) is 12.4 Å². The number of hydrogen-bond donors (Lipinski definition) is 2. The van der Waals surface area contributed by atoms with Crippen LogP contribution < -0.4 is 15.6 Å². The Bertz CT molecular complexity index is 1060. The summed E-state index contributed by atoms with van der Waals surface area (Å²) in [7, 11) is 1.64. The molecule has 2 N–H and O–H groups in total. The lowest BCUT2D eigenvalue weighted by molar-refractivity contribution is -0.116. The third kappa shape index (κ3) is 2.41. The van der Waals surface area contributed by atoms with Gasteiger partial charge in [0.05, 0.1) is 12.7 Å². The zero-order valence-electron chi connectivity index (χ0n) is 15.0. The Balaban J connectivity index is 1.98. The standard InChI is InChI=1S/C20H21N3O3/c1-11(2)23-19-18(20(25)22-23)15(10-17(24)21-19)13-8-9-16(26-3)14-7-5-4-6-12(13)14/h4-9,11,15H,10H2,1-3H3,(H,21,24)(H,22,25)/t15-/m1/s1. The average molecular weight is 351 g/mol. The third-order valence-electron chi connectivity index (χ3n) is 4.99. The summed E-state index contributed by atoms with van der Waals surface area (Å²) in [5.74, 6) is 0.971. The first kappa shape index (κ1) is 16.4. The summed E-state index contributed by atoms with van der Waals surface area (Å²) in [6.45, 7) is 3.93. The molecule has 3 aromatic rings. The molecule has 2 aromatic carbocycles. The Labute approximate surface area is 150 Å². The van der Waals surface area contributed by atoms with Crippen molar-refractivity contribution in [2.45, 2.75) is 32.2 Å². The van der Waals surface area contributed by atoms with Gasteiger partial charge in [0.15, 0.2) is 0 Å². The number of hydrogen-bond acceptors (Lipinski definition) is 3.